The number of hydrogen-bond donors (Lipinski definition) is 2. The molecule has 1 aromatic heterocycles. The maximum atomic E-state index is 5.03. The van der Waals surface area contributed by atoms with Gasteiger partial charge in [-0.3, -0.25) is 4.99 Å². The van der Waals surface area contributed by atoms with Crippen LogP contribution in [0.2, 0.25) is 0 Å². The van der Waals surface area contributed by atoms with Gasteiger partial charge in [0.25, 0.3) is 0 Å². The van der Waals surface area contributed by atoms with E-state index in [1.807, 2.05) is 19.1 Å². The molecule has 6 heteroatoms. The molecule has 0 aliphatic rings. The van der Waals surface area contributed by atoms with Crippen LogP contribution >= 0.6 is 0 Å². The lowest BCUT2D eigenvalue weighted by Gasteiger charge is -2.08. The van der Waals surface area contributed by atoms with Crippen molar-refractivity contribution in [1.29, 1.82) is 0 Å². The van der Waals surface area contributed by atoms with E-state index in [2.05, 4.69) is 37.7 Å². The first kappa shape index (κ1) is 18.0. The number of aromatic nitrogens is 2. The molecule has 0 aliphatic heterocycles. The van der Waals surface area contributed by atoms with Crippen molar-refractivity contribution < 1.29 is 4.74 Å². The summed E-state index contributed by atoms with van der Waals surface area (Å²) in [5.74, 6) is 0.589. The summed E-state index contributed by atoms with van der Waals surface area (Å²) < 4.78 is 5.03. The number of nitrogens with one attached hydrogen (secondary N) is 2. The quantitative estimate of drug-likeness (QED) is 0.547. The molecule has 0 fully saturated rings. The van der Waals surface area contributed by atoms with E-state index in [0.29, 0.717) is 5.95 Å². The van der Waals surface area contributed by atoms with Gasteiger partial charge >= 0.3 is 0 Å². The number of ether oxygens (including phenoxy) is 1. The zero-order valence-electron chi connectivity index (χ0n) is 14.5. The molecule has 24 heavy (non-hydrogen) atoms. The van der Waals surface area contributed by atoms with Crippen LogP contribution in [0.1, 0.15) is 23.2 Å². The van der Waals surface area contributed by atoms with Gasteiger partial charge in [-0.15, -0.1) is 0 Å². The number of anilines is 2. The Bertz CT molecular complexity index is 655. The molecule has 0 unspecified atom stereocenters. The average Bonchev–Trinajstić information content (AvgIpc) is 2.59. The SMILES string of the molecule is CN=Cc1cnc(Nc2ccc(CNCCCOC)cc2)nc1C. The van der Waals surface area contributed by atoms with Gasteiger partial charge in [0.2, 0.25) is 5.95 Å². The molecular weight excluding hydrogens is 302 g/mol. The third-order valence-electron chi connectivity index (χ3n) is 3.53. The third-order valence-corrected chi connectivity index (χ3v) is 3.53. The highest BCUT2D eigenvalue weighted by Crippen LogP contribution is 2.15. The molecule has 0 aliphatic carbocycles. The van der Waals surface area contributed by atoms with Gasteiger partial charge in [0.15, 0.2) is 0 Å². The van der Waals surface area contributed by atoms with Gasteiger partial charge in [0.05, 0.1) is 5.69 Å². The second-order valence-electron chi connectivity index (χ2n) is 5.47. The fraction of sp³-hybridized carbons (Fsp3) is 0.389. The summed E-state index contributed by atoms with van der Waals surface area (Å²) in [6, 6.07) is 8.26. The molecule has 1 heterocycles. The van der Waals surface area contributed by atoms with Crippen molar-refractivity contribution >= 4 is 17.9 Å². The van der Waals surface area contributed by atoms with Crippen molar-refractivity contribution in [3.05, 3.63) is 47.3 Å². The lowest BCUT2D eigenvalue weighted by molar-refractivity contribution is 0.194. The van der Waals surface area contributed by atoms with Crippen molar-refractivity contribution in [3.63, 3.8) is 0 Å². The molecule has 0 spiro atoms. The maximum Gasteiger partial charge on any atom is 0.227 e. The van der Waals surface area contributed by atoms with Gasteiger partial charge < -0.3 is 15.4 Å². The van der Waals surface area contributed by atoms with Crippen molar-refractivity contribution in [2.24, 2.45) is 4.99 Å². The van der Waals surface area contributed by atoms with Crippen LogP contribution in [0.3, 0.4) is 0 Å². The van der Waals surface area contributed by atoms with Gasteiger partial charge in [-0.25, -0.2) is 9.97 Å². The van der Waals surface area contributed by atoms with Crippen LogP contribution in [0.15, 0.2) is 35.5 Å². The Labute approximate surface area is 143 Å². The largest absolute Gasteiger partial charge is 0.385 e. The Hall–Kier alpha value is -2.31. The number of benzene rings is 1. The summed E-state index contributed by atoms with van der Waals surface area (Å²) in [5, 5.41) is 6.62. The molecule has 0 radical (unpaired) electrons. The molecule has 2 rings (SSSR count). The number of rotatable bonds is 9. The number of aliphatic imine (C=N–C) groups is 1. The Morgan fingerprint density at radius 2 is 2.04 bits per heavy atom. The molecule has 0 bridgehead atoms. The minimum atomic E-state index is 0.589. The van der Waals surface area contributed by atoms with E-state index in [1.54, 1.807) is 26.6 Å². The predicted octanol–water partition coefficient (Wildman–Crippen LogP) is 2.70. The van der Waals surface area contributed by atoms with Crippen LogP contribution in [0, 0.1) is 6.92 Å². The molecule has 0 atom stereocenters. The Kier molecular flexibility index (Phi) is 7.32. The van der Waals surface area contributed by atoms with Gasteiger partial charge in [-0.05, 0) is 37.6 Å². The van der Waals surface area contributed by atoms with Crippen LogP contribution in [-0.2, 0) is 11.3 Å². The van der Waals surface area contributed by atoms with Crippen LogP contribution < -0.4 is 10.6 Å². The van der Waals surface area contributed by atoms with E-state index in [0.717, 1.165) is 43.1 Å². The predicted molar refractivity (Wildman–Crippen MR) is 98.2 cm³/mol. The molecule has 128 valence electrons. The summed E-state index contributed by atoms with van der Waals surface area (Å²) in [6.45, 7) is 4.54. The summed E-state index contributed by atoms with van der Waals surface area (Å²) in [6.07, 6.45) is 4.55. The van der Waals surface area contributed by atoms with Crippen LogP contribution in [-0.4, -0.2) is 43.5 Å². The molecule has 0 saturated carbocycles. The van der Waals surface area contributed by atoms with E-state index >= 15 is 0 Å². The van der Waals surface area contributed by atoms with E-state index < -0.39 is 0 Å². The van der Waals surface area contributed by atoms with Gasteiger partial charge in [-0.1, -0.05) is 12.1 Å². The maximum absolute atomic E-state index is 5.03. The molecular formula is C18H25N5O. The zero-order valence-corrected chi connectivity index (χ0v) is 14.5. The Morgan fingerprint density at radius 1 is 1.25 bits per heavy atom. The highest BCUT2D eigenvalue weighted by Gasteiger charge is 2.02. The third kappa shape index (κ3) is 5.72. The summed E-state index contributed by atoms with van der Waals surface area (Å²) in [4.78, 5) is 12.8. The molecule has 6 nitrogen and oxygen atoms in total. The molecule has 0 amide bonds. The summed E-state index contributed by atoms with van der Waals surface area (Å²) in [5.41, 5.74) is 4.03. The van der Waals surface area contributed by atoms with E-state index in [1.165, 1.54) is 5.56 Å². The van der Waals surface area contributed by atoms with Gasteiger partial charge in [0, 0.05) is 51.0 Å². The number of nitrogens with zero attached hydrogens (tertiary/aromatic N) is 3. The first-order chi connectivity index (χ1) is 11.7. The van der Waals surface area contributed by atoms with E-state index in [9.17, 15) is 0 Å². The molecule has 1 aromatic carbocycles. The lowest BCUT2D eigenvalue weighted by Crippen LogP contribution is -2.16. The minimum Gasteiger partial charge on any atom is -0.385 e. The van der Waals surface area contributed by atoms with Crippen LogP contribution in [0.5, 0.6) is 0 Å². The Balaban J connectivity index is 1.88. The first-order valence-electron chi connectivity index (χ1n) is 8.04. The summed E-state index contributed by atoms with van der Waals surface area (Å²) in [7, 11) is 3.46. The second kappa shape index (κ2) is 9.75. The van der Waals surface area contributed by atoms with Crippen LogP contribution in [0.25, 0.3) is 0 Å². The summed E-state index contributed by atoms with van der Waals surface area (Å²) >= 11 is 0. The number of aryl methyl sites for hydroxylation is 1. The molecule has 0 saturated heterocycles. The van der Waals surface area contributed by atoms with Gasteiger partial charge in [-0.2, -0.15) is 0 Å². The molecule has 2 aromatic rings. The topological polar surface area (TPSA) is 71.4 Å². The number of hydrogen-bond acceptors (Lipinski definition) is 6. The standard InChI is InChI=1S/C18H25N5O/c1-14-16(12-19-2)13-21-18(22-14)23-17-7-5-15(6-8-17)11-20-9-4-10-24-3/h5-8,12-13,20H,4,9-11H2,1-3H3,(H,21,22,23). The van der Waals surface area contributed by atoms with Crippen molar-refractivity contribution in [1.82, 2.24) is 15.3 Å². The van der Waals surface area contributed by atoms with Crippen molar-refractivity contribution in [2.45, 2.75) is 19.9 Å². The highest BCUT2D eigenvalue weighted by atomic mass is 16.5. The van der Waals surface area contributed by atoms with Gasteiger partial charge in [0.1, 0.15) is 0 Å². The fourth-order valence-corrected chi connectivity index (χ4v) is 2.21. The van der Waals surface area contributed by atoms with Crippen LogP contribution in [0.4, 0.5) is 11.6 Å². The normalized spacial score (nSPS) is 11.1. The fourth-order valence-electron chi connectivity index (χ4n) is 2.21. The zero-order chi connectivity index (χ0) is 17.2. The highest BCUT2D eigenvalue weighted by molar-refractivity contribution is 5.80. The molecule has 2 N–H and O–H groups in total. The van der Waals surface area contributed by atoms with E-state index in [-0.39, 0.29) is 0 Å². The smallest absolute Gasteiger partial charge is 0.227 e. The van der Waals surface area contributed by atoms with E-state index in [4.69, 9.17) is 4.74 Å². The lowest BCUT2D eigenvalue weighted by atomic mass is 10.2. The average molecular weight is 327 g/mol. The number of methoxy groups -OCH3 is 1. The second-order valence-corrected chi connectivity index (χ2v) is 5.47. The monoisotopic (exact) mass is 327 g/mol. The van der Waals surface area contributed by atoms with Crippen molar-refractivity contribution in [3.8, 4) is 0 Å². The Morgan fingerprint density at radius 3 is 2.71 bits per heavy atom. The minimum absolute atomic E-state index is 0.589. The van der Waals surface area contributed by atoms with Crippen molar-refractivity contribution in [2.75, 3.05) is 32.6 Å². The first-order valence-corrected chi connectivity index (χ1v) is 8.04.